The molecule has 10 heteroatoms. The van der Waals surface area contributed by atoms with Gasteiger partial charge in [-0.2, -0.15) is 5.10 Å². The molecule has 1 atom stereocenters. The van der Waals surface area contributed by atoms with Crippen molar-refractivity contribution in [3.05, 3.63) is 95.2 Å². The predicted molar refractivity (Wildman–Crippen MR) is 236 cm³/mol. The van der Waals surface area contributed by atoms with Crippen molar-refractivity contribution in [3.63, 3.8) is 0 Å². The topological polar surface area (TPSA) is 148 Å². The summed E-state index contributed by atoms with van der Waals surface area (Å²) < 4.78 is 6.12. The molecule has 0 fully saturated rings. The molecule has 2 aliphatic heterocycles. The smallest absolute Gasteiger partial charge is 0.152 e. The highest BCUT2D eigenvalue weighted by Gasteiger charge is 2.23. The molecule has 6 N–H and O–H groups in total. The maximum atomic E-state index is 10.1. The monoisotopic (exact) mass is 757 g/mol. The zero-order valence-electron chi connectivity index (χ0n) is 35.5. The van der Waals surface area contributed by atoms with E-state index in [-0.39, 0.29) is 5.78 Å². The van der Waals surface area contributed by atoms with Gasteiger partial charge >= 0.3 is 0 Å². The molecule has 0 saturated heterocycles. The Balaban J connectivity index is 0.000000794. The number of hydrogen-bond acceptors (Lipinski definition) is 9. The fraction of sp³-hybridized carbons (Fsp3) is 0.511. The highest BCUT2D eigenvalue weighted by atomic mass is 16.5. The second kappa shape index (κ2) is 28.0. The van der Waals surface area contributed by atoms with Crippen molar-refractivity contribution in [1.29, 1.82) is 0 Å². The molecule has 0 bridgehead atoms. The van der Waals surface area contributed by atoms with Crippen molar-refractivity contribution in [2.45, 2.75) is 120 Å². The fourth-order valence-electron chi connectivity index (χ4n) is 5.48. The van der Waals surface area contributed by atoms with Crippen molar-refractivity contribution in [2.24, 2.45) is 33.2 Å². The van der Waals surface area contributed by atoms with Crippen LogP contribution in [0.4, 0.5) is 11.5 Å². The molecule has 0 amide bonds. The Kier molecular flexibility index (Phi) is 24.6. The Morgan fingerprint density at radius 3 is 2.27 bits per heavy atom. The summed E-state index contributed by atoms with van der Waals surface area (Å²) in [5.74, 6) is 3.64. The number of unbranched alkanes of at least 4 members (excludes halogenated alkanes) is 4. The van der Waals surface area contributed by atoms with E-state index >= 15 is 0 Å². The number of carbonyl (C=O) groups is 1. The molecule has 3 heterocycles. The van der Waals surface area contributed by atoms with Crippen LogP contribution >= 0.6 is 0 Å². The molecule has 2 aromatic rings. The maximum Gasteiger partial charge on any atom is 0.152 e. The van der Waals surface area contributed by atoms with Crippen molar-refractivity contribution in [1.82, 2.24) is 9.99 Å². The molecule has 1 aromatic heterocycles. The Hall–Kier alpha value is -4.54. The van der Waals surface area contributed by atoms with Gasteiger partial charge in [0.15, 0.2) is 5.78 Å². The SMILES string of the molecule is C=C1C=C(Oc2ccc(N=C(N)c3nc4c(cc3C)CCC(C)CN4CCCCC)cc2C)C=CN1/N=C\C.CC(=O)/C=C/CN.CCCC.CCCCN. The summed E-state index contributed by atoms with van der Waals surface area (Å²) >= 11 is 0. The number of nitrogens with two attached hydrogens (primary N) is 3. The Morgan fingerprint density at radius 2 is 1.75 bits per heavy atom. The van der Waals surface area contributed by atoms with Gasteiger partial charge in [-0.1, -0.05) is 85.4 Å². The van der Waals surface area contributed by atoms with Crippen molar-refractivity contribution < 1.29 is 9.53 Å². The first-order valence-electron chi connectivity index (χ1n) is 20.2. The fourth-order valence-corrected chi connectivity index (χ4v) is 5.48. The summed E-state index contributed by atoms with van der Waals surface area (Å²) in [7, 11) is 0. The highest BCUT2D eigenvalue weighted by molar-refractivity contribution is 5.99. The van der Waals surface area contributed by atoms with E-state index in [1.54, 1.807) is 17.3 Å². The molecule has 0 radical (unpaired) electrons. The summed E-state index contributed by atoms with van der Waals surface area (Å²) in [5.41, 5.74) is 22.4. The molecule has 0 aliphatic carbocycles. The number of benzene rings is 1. The molecule has 0 saturated carbocycles. The van der Waals surface area contributed by atoms with Gasteiger partial charge in [-0.15, -0.1) is 0 Å². The number of ether oxygens (including phenoxy) is 1. The molecular formula is C45H72N8O2. The van der Waals surface area contributed by atoms with Crippen LogP contribution in [0, 0.1) is 19.8 Å². The zero-order chi connectivity index (χ0) is 41.2. The van der Waals surface area contributed by atoms with E-state index in [2.05, 4.69) is 64.2 Å². The molecule has 1 unspecified atom stereocenters. The highest BCUT2D eigenvalue weighted by Crippen LogP contribution is 2.31. The maximum absolute atomic E-state index is 10.1. The first-order chi connectivity index (χ1) is 26.4. The molecule has 4 rings (SSSR count). The molecule has 10 nitrogen and oxygen atoms in total. The summed E-state index contributed by atoms with van der Waals surface area (Å²) in [4.78, 5) is 22.4. The Morgan fingerprint density at radius 1 is 1.04 bits per heavy atom. The van der Waals surface area contributed by atoms with Crippen LogP contribution in [0.1, 0.15) is 122 Å². The third-order valence-corrected chi connectivity index (χ3v) is 8.69. The van der Waals surface area contributed by atoms with E-state index in [4.69, 9.17) is 31.9 Å². The number of aromatic nitrogens is 1. The Bertz CT molecular complexity index is 1600. The number of hydrogen-bond donors (Lipinski definition) is 3. The average molecular weight is 757 g/mol. The molecule has 2 aliphatic rings. The van der Waals surface area contributed by atoms with E-state index < -0.39 is 0 Å². The van der Waals surface area contributed by atoms with Gasteiger partial charge in [0.25, 0.3) is 0 Å². The summed E-state index contributed by atoms with van der Waals surface area (Å²) in [6.45, 7) is 25.9. The normalized spacial score (nSPS) is 15.3. The molecule has 0 spiro atoms. The number of allylic oxidation sites excluding steroid dienone is 3. The van der Waals surface area contributed by atoms with Gasteiger partial charge in [0.05, 0.1) is 11.4 Å². The van der Waals surface area contributed by atoms with Gasteiger partial charge in [0.2, 0.25) is 0 Å². The number of anilines is 1. The molecular weight excluding hydrogens is 685 g/mol. The van der Waals surface area contributed by atoms with Crippen LogP contribution in [0.3, 0.4) is 0 Å². The summed E-state index contributed by atoms with van der Waals surface area (Å²) in [5, 5.41) is 5.93. The number of pyridine rings is 1. The minimum absolute atomic E-state index is 0.0467. The van der Waals surface area contributed by atoms with Crippen LogP contribution in [0.2, 0.25) is 0 Å². The van der Waals surface area contributed by atoms with Gasteiger partial charge in [-0.3, -0.25) is 4.79 Å². The van der Waals surface area contributed by atoms with E-state index in [1.165, 1.54) is 69.9 Å². The largest absolute Gasteiger partial charge is 0.457 e. The number of carbonyl (C=O) groups excluding carboxylic acids is 1. The third kappa shape index (κ3) is 18.6. The number of hydrazone groups is 1. The van der Waals surface area contributed by atoms with Crippen molar-refractivity contribution in [2.75, 3.05) is 31.1 Å². The van der Waals surface area contributed by atoms with Gasteiger partial charge in [0, 0.05) is 38.1 Å². The van der Waals surface area contributed by atoms with Crippen LogP contribution in [-0.2, 0) is 11.2 Å². The van der Waals surface area contributed by atoms with E-state index in [1.807, 2.05) is 50.4 Å². The molecule has 1 aromatic carbocycles. The first kappa shape index (κ1) is 48.5. The van der Waals surface area contributed by atoms with Gasteiger partial charge in [-0.05, 0) is 113 Å². The number of ketones is 1. The standard InChI is InChI=1S/C32H42N6O.C5H9NO.C4H11N.C4H10/c1-7-9-10-16-37-21-22(3)11-12-26-18-24(5)30(36-32(26)37)31(33)35-27-13-14-29(23(4)19-27)39-28-15-17-38(34-8-2)25(6)20-28;1-5(7)3-2-4-6;1-2-3-4-5;1-3-4-2/h8,13-15,17-20,22H,6-7,9-12,16,21H2,1-5H3,(H2,33,35);2-3H,4,6H2,1H3;2-5H2,1H3;3-4H2,1-2H3/b34-8-;3-2+;;. The summed E-state index contributed by atoms with van der Waals surface area (Å²) in [6, 6.07) is 8.08. The van der Waals surface area contributed by atoms with E-state index in [0.717, 1.165) is 65.8 Å². The van der Waals surface area contributed by atoms with Crippen LogP contribution in [0.5, 0.6) is 5.75 Å². The predicted octanol–water partition coefficient (Wildman–Crippen LogP) is 9.57. The lowest BCUT2D eigenvalue weighted by Gasteiger charge is -2.26. The van der Waals surface area contributed by atoms with Crippen molar-refractivity contribution >= 4 is 29.3 Å². The van der Waals surface area contributed by atoms with Crippen LogP contribution in [0.25, 0.3) is 0 Å². The Labute approximate surface area is 333 Å². The quantitative estimate of drug-likeness (QED) is 0.0747. The van der Waals surface area contributed by atoms with Gasteiger partial charge in [-0.25, -0.2) is 15.0 Å². The number of rotatable bonds is 14. The van der Waals surface area contributed by atoms with E-state index in [0.29, 0.717) is 24.1 Å². The number of aliphatic imine (C=N–C) groups is 1. The third-order valence-electron chi connectivity index (χ3n) is 8.69. The van der Waals surface area contributed by atoms with Gasteiger partial charge in [0.1, 0.15) is 28.9 Å². The first-order valence-corrected chi connectivity index (χ1v) is 20.2. The second-order valence-electron chi connectivity index (χ2n) is 13.9. The molecule has 55 heavy (non-hydrogen) atoms. The lowest BCUT2D eigenvalue weighted by molar-refractivity contribution is -0.112. The zero-order valence-corrected chi connectivity index (χ0v) is 35.5. The van der Waals surface area contributed by atoms with Crippen LogP contribution in [-0.4, -0.2) is 54.0 Å². The van der Waals surface area contributed by atoms with E-state index in [9.17, 15) is 4.79 Å². The second-order valence-corrected chi connectivity index (χ2v) is 13.9. The number of amidine groups is 1. The van der Waals surface area contributed by atoms with Crippen LogP contribution in [0.15, 0.2) is 82.9 Å². The molecule has 304 valence electrons. The number of aryl methyl sites for hydroxylation is 3. The number of fused-ring (bicyclic) bond motifs is 1. The van der Waals surface area contributed by atoms with Gasteiger partial charge < -0.3 is 26.8 Å². The minimum Gasteiger partial charge on any atom is -0.457 e. The lowest BCUT2D eigenvalue weighted by Crippen LogP contribution is -2.30. The summed E-state index contributed by atoms with van der Waals surface area (Å²) in [6.07, 6.45) is 21.2. The lowest BCUT2D eigenvalue weighted by atomic mass is 10.0. The average Bonchev–Trinajstić information content (AvgIpc) is 3.31. The van der Waals surface area contributed by atoms with Crippen LogP contribution < -0.4 is 26.8 Å². The van der Waals surface area contributed by atoms with Crippen molar-refractivity contribution in [3.8, 4) is 5.75 Å². The minimum atomic E-state index is 0.0467. The number of nitrogens with zero attached hydrogens (tertiary/aromatic N) is 5.